The monoisotopic (exact) mass is 240 g/mol. The van der Waals surface area contributed by atoms with Crippen LogP contribution in [0.3, 0.4) is 0 Å². The number of hydrogen-bond acceptors (Lipinski definition) is 1. The van der Waals surface area contributed by atoms with Crippen LogP contribution in [-0.4, -0.2) is 11.1 Å². The average Bonchev–Trinajstić information content (AvgIpc) is 2.65. The summed E-state index contributed by atoms with van der Waals surface area (Å²) >= 11 is 0. The van der Waals surface area contributed by atoms with Gasteiger partial charge in [-0.15, -0.1) is 0 Å². The van der Waals surface area contributed by atoms with Crippen LogP contribution in [-0.2, 0) is 10.2 Å². The summed E-state index contributed by atoms with van der Waals surface area (Å²) in [7, 11) is 0. The third-order valence-electron chi connectivity index (χ3n) is 3.53. The molecule has 1 fully saturated rings. The molecule has 0 heterocycles. The highest BCUT2D eigenvalue weighted by Crippen LogP contribution is 2.44. The molecule has 0 aliphatic heterocycles. The van der Waals surface area contributed by atoms with Crippen LogP contribution in [0.4, 0.5) is 8.78 Å². The Morgan fingerprint density at radius 1 is 1.18 bits per heavy atom. The third kappa shape index (κ3) is 2.46. The lowest BCUT2D eigenvalue weighted by molar-refractivity contribution is -0.138. The molecule has 0 unspecified atom stereocenters. The lowest BCUT2D eigenvalue weighted by Crippen LogP contribution is -2.26. The van der Waals surface area contributed by atoms with Gasteiger partial charge >= 0.3 is 5.97 Å². The van der Waals surface area contributed by atoms with Crippen LogP contribution in [0.1, 0.15) is 37.7 Å². The molecule has 0 saturated heterocycles. The Morgan fingerprint density at radius 2 is 1.71 bits per heavy atom. The number of halogens is 2. The van der Waals surface area contributed by atoms with Crippen molar-refractivity contribution in [2.45, 2.75) is 37.5 Å². The van der Waals surface area contributed by atoms with Gasteiger partial charge in [0, 0.05) is 11.5 Å². The van der Waals surface area contributed by atoms with Gasteiger partial charge in [0.1, 0.15) is 11.6 Å². The van der Waals surface area contributed by atoms with Crippen molar-refractivity contribution in [2.24, 2.45) is 0 Å². The number of hydrogen-bond donors (Lipinski definition) is 1. The van der Waals surface area contributed by atoms with Gasteiger partial charge in [0.15, 0.2) is 0 Å². The largest absolute Gasteiger partial charge is 0.481 e. The molecular formula is C13H14F2O2. The van der Waals surface area contributed by atoms with Crippen molar-refractivity contribution in [1.29, 1.82) is 0 Å². The lowest BCUT2D eigenvalue weighted by atomic mass is 9.76. The fraction of sp³-hybridized carbons (Fsp3) is 0.462. The minimum Gasteiger partial charge on any atom is -0.481 e. The van der Waals surface area contributed by atoms with Gasteiger partial charge in [0.2, 0.25) is 0 Å². The molecule has 2 rings (SSSR count). The van der Waals surface area contributed by atoms with Gasteiger partial charge in [-0.05, 0) is 30.5 Å². The Morgan fingerprint density at radius 3 is 2.18 bits per heavy atom. The molecule has 0 amide bonds. The maximum Gasteiger partial charge on any atom is 0.304 e. The van der Waals surface area contributed by atoms with E-state index in [1.807, 2.05) is 0 Å². The molecule has 0 bridgehead atoms. The summed E-state index contributed by atoms with van der Waals surface area (Å²) in [6.45, 7) is 0. The highest BCUT2D eigenvalue weighted by Gasteiger charge is 2.38. The normalized spacial score (nSPS) is 18.2. The lowest BCUT2D eigenvalue weighted by Gasteiger charge is -2.27. The van der Waals surface area contributed by atoms with Crippen molar-refractivity contribution in [1.82, 2.24) is 0 Å². The predicted octanol–water partition coefficient (Wildman–Crippen LogP) is 3.25. The van der Waals surface area contributed by atoms with E-state index in [-0.39, 0.29) is 6.42 Å². The second kappa shape index (κ2) is 4.43. The first-order valence-electron chi connectivity index (χ1n) is 5.70. The van der Waals surface area contributed by atoms with Crippen LogP contribution in [0, 0.1) is 11.6 Å². The molecule has 4 heteroatoms. The van der Waals surface area contributed by atoms with E-state index in [9.17, 15) is 13.6 Å². The fourth-order valence-corrected chi connectivity index (χ4v) is 2.77. The summed E-state index contributed by atoms with van der Waals surface area (Å²) in [4.78, 5) is 10.9. The van der Waals surface area contributed by atoms with E-state index in [1.165, 1.54) is 12.1 Å². The van der Waals surface area contributed by atoms with Gasteiger partial charge in [-0.25, -0.2) is 8.78 Å². The summed E-state index contributed by atoms with van der Waals surface area (Å²) in [5, 5.41) is 8.95. The van der Waals surface area contributed by atoms with Crippen molar-refractivity contribution in [3.05, 3.63) is 35.4 Å². The number of carboxylic acid groups (broad SMARTS) is 1. The topological polar surface area (TPSA) is 37.3 Å². The summed E-state index contributed by atoms with van der Waals surface area (Å²) in [6, 6.07) is 3.33. The molecule has 0 radical (unpaired) electrons. The van der Waals surface area contributed by atoms with E-state index < -0.39 is 23.0 Å². The molecule has 0 spiro atoms. The van der Waals surface area contributed by atoms with Crippen molar-refractivity contribution in [3.8, 4) is 0 Å². The fourth-order valence-electron chi connectivity index (χ4n) is 2.77. The summed E-state index contributed by atoms with van der Waals surface area (Å²) in [6.07, 6.45) is 3.12. The Labute approximate surface area is 98.3 Å². The average molecular weight is 240 g/mol. The maximum absolute atomic E-state index is 13.2. The van der Waals surface area contributed by atoms with E-state index in [0.29, 0.717) is 18.4 Å². The molecule has 1 aromatic rings. The molecule has 0 atom stereocenters. The number of rotatable bonds is 3. The summed E-state index contributed by atoms with van der Waals surface area (Å²) in [5.74, 6) is -2.20. The Hall–Kier alpha value is -1.45. The van der Waals surface area contributed by atoms with E-state index in [2.05, 4.69) is 0 Å². The Kier molecular flexibility index (Phi) is 3.13. The quantitative estimate of drug-likeness (QED) is 0.880. The van der Waals surface area contributed by atoms with Gasteiger partial charge in [0.05, 0.1) is 6.42 Å². The third-order valence-corrected chi connectivity index (χ3v) is 3.53. The zero-order valence-electron chi connectivity index (χ0n) is 9.38. The number of carboxylic acids is 1. The molecule has 1 aromatic carbocycles. The van der Waals surface area contributed by atoms with E-state index in [1.54, 1.807) is 0 Å². The van der Waals surface area contributed by atoms with Crippen molar-refractivity contribution in [2.75, 3.05) is 0 Å². The molecule has 1 aliphatic rings. The highest BCUT2D eigenvalue weighted by atomic mass is 19.1. The van der Waals surface area contributed by atoms with E-state index in [4.69, 9.17) is 5.11 Å². The minimum atomic E-state index is -0.920. The molecular weight excluding hydrogens is 226 g/mol. The number of aliphatic carboxylic acids is 1. The molecule has 17 heavy (non-hydrogen) atoms. The van der Waals surface area contributed by atoms with Gasteiger partial charge < -0.3 is 5.11 Å². The number of carbonyl (C=O) groups is 1. The first-order valence-corrected chi connectivity index (χ1v) is 5.70. The zero-order chi connectivity index (χ0) is 12.5. The van der Waals surface area contributed by atoms with E-state index in [0.717, 1.165) is 18.9 Å². The minimum absolute atomic E-state index is 0.0596. The van der Waals surface area contributed by atoms with Gasteiger partial charge in [-0.1, -0.05) is 12.8 Å². The van der Waals surface area contributed by atoms with E-state index >= 15 is 0 Å². The second-order valence-electron chi connectivity index (χ2n) is 4.72. The molecule has 2 nitrogen and oxygen atoms in total. The Balaban J connectivity index is 2.41. The molecule has 1 N–H and O–H groups in total. The Bertz CT molecular complexity index is 417. The maximum atomic E-state index is 13.2. The van der Waals surface area contributed by atoms with Crippen molar-refractivity contribution in [3.63, 3.8) is 0 Å². The van der Waals surface area contributed by atoms with Crippen LogP contribution >= 0.6 is 0 Å². The van der Waals surface area contributed by atoms with Crippen molar-refractivity contribution >= 4 is 5.97 Å². The molecule has 92 valence electrons. The van der Waals surface area contributed by atoms with Crippen LogP contribution in [0.2, 0.25) is 0 Å². The number of benzene rings is 1. The standard InChI is InChI=1S/C13H14F2O2/c14-10-5-9(6-11(15)7-10)13(8-12(16)17)3-1-2-4-13/h5-7H,1-4,8H2,(H,16,17). The van der Waals surface area contributed by atoms with Gasteiger partial charge in [-0.2, -0.15) is 0 Å². The van der Waals surface area contributed by atoms with Crippen molar-refractivity contribution < 1.29 is 18.7 Å². The predicted molar refractivity (Wildman–Crippen MR) is 58.8 cm³/mol. The first-order chi connectivity index (χ1) is 8.02. The first kappa shape index (κ1) is 12.0. The summed E-state index contributed by atoms with van der Waals surface area (Å²) < 4.78 is 26.4. The van der Waals surface area contributed by atoms with Crippen LogP contribution < -0.4 is 0 Å². The summed E-state index contributed by atoms with van der Waals surface area (Å²) in [5.41, 5.74) is -0.107. The van der Waals surface area contributed by atoms with Crippen LogP contribution in [0.25, 0.3) is 0 Å². The molecule has 1 saturated carbocycles. The van der Waals surface area contributed by atoms with Gasteiger partial charge in [0.25, 0.3) is 0 Å². The highest BCUT2D eigenvalue weighted by molar-refractivity contribution is 5.69. The van der Waals surface area contributed by atoms with Crippen LogP contribution in [0.5, 0.6) is 0 Å². The van der Waals surface area contributed by atoms with Gasteiger partial charge in [-0.3, -0.25) is 4.79 Å². The van der Waals surface area contributed by atoms with Crippen LogP contribution in [0.15, 0.2) is 18.2 Å². The smallest absolute Gasteiger partial charge is 0.304 e. The SMILES string of the molecule is O=C(O)CC1(c2cc(F)cc(F)c2)CCCC1. The molecule has 0 aromatic heterocycles. The zero-order valence-corrected chi connectivity index (χ0v) is 9.38. The molecule has 1 aliphatic carbocycles. The second-order valence-corrected chi connectivity index (χ2v) is 4.72.